The Hall–Kier alpha value is -2.88. The lowest BCUT2D eigenvalue weighted by molar-refractivity contribution is 0.101. The van der Waals surface area contributed by atoms with Crippen molar-refractivity contribution < 1.29 is 27.8 Å². The van der Waals surface area contributed by atoms with Crippen LogP contribution >= 0.6 is 0 Å². The van der Waals surface area contributed by atoms with Crippen LogP contribution in [0.25, 0.3) is 6.08 Å². The number of hydrogen-bond acceptors (Lipinski definition) is 7. The van der Waals surface area contributed by atoms with Crippen LogP contribution in [0, 0.1) is 0 Å². The highest BCUT2D eigenvalue weighted by atomic mass is 32.2. The molecule has 33 heavy (non-hydrogen) atoms. The van der Waals surface area contributed by atoms with E-state index in [0.717, 1.165) is 5.56 Å². The molecule has 0 amide bonds. The van der Waals surface area contributed by atoms with E-state index in [4.69, 9.17) is 9.47 Å². The molecule has 0 aromatic heterocycles. The first-order valence-electron chi connectivity index (χ1n) is 10.8. The number of benzene rings is 2. The van der Waals surface area contributed by atoms with Crippen LogP contribution in [0.15, 0.2) is 42.2 Å². The van der Waals surface area contributed by atoms with E-state index in [0.29, 0.717) is 55.3 Å². The first-order valence-corrected chi connectivity index (χ1v) is 12.4. The lowest BCUT2D eigenvalue weighted by Crippen LogP contribution is -2.49. The lowest BCUT2D eigenvalue weighted by atomic mass is 10.0. The molecular formula is C24H28N2O6S. The third kappa shape index (κ3) is 4.62. The third-order valence-corrected chi connectivity index (χ3v) is 8.27. The van der Waals surface area contributed by atoms with Gasteiger partial charge in [-0.05, 0) is 49.8 Å². The standard InChI is InChI=1S/C24H28N2O6S/c1-16(2)33(29,30)26-12-10-25(11-13-26)15-20-21(27)9-8-19-23(28)22(32-24(19)20)14-17-4-6-18(31-3)7-5-17/h4-9,14,16,27H,10-13,15H2,1-3H3. The predicted molar refractivity (Wildman–Crippen MR) is 125 cm³/mol. The van der Waals surface area contributed by atoms with E-state index in [1.54, 1.807) is 45.2 Å². The van der Waals surface area contributed by atoms with Crippen molar-refractivity contribution in [1.29, 1.82) is 0 Å². The first kappa shape index (κ1) is 23.3. The number of hydrogen-bond donors (Lipinski definition) is 1. The molecular weight excluding hydrogens is 444 g/mol. The van der Waals surface area contributed by atoms with Gasteiger partial charge in [0.1, 0.15) is 17.2 Å². The quantitative estimate of drug-likeness (QED) is 0.646. The number of phenols is 1. The Kier molecular flexibility index (Phi) is 6.47. The molecule has 0 bridgehead atoms. The van der Waals surface area contributed by atoms with Gasteiger partial charge < -0.3 is 14.6 Å². The topological polar surface area (TPSA) is 96.4 Å². The van der Waals surface area contributed by atoms with Crippen molar-refractivity contribution in [3.8, 4) is 17.2 Å². The Morgan fingerprint density at radius 2 is 1.76 bits per heavy atom. The summed E-state index contributed by atoms with van der Waals surface area (Å²) < 4.78 is 37.4. The number of piperazine rings is 1. The van der Waals surface area contributed by atoms with Gasteiger partial charge in [-0.25, -0.2) is 8.42 Å². The highest BCUT2D eigenvalue weighted by Gasteiger charge is 2.33. The molecule has 2 heterocycles. The predicted octanol–water partition coefficient (Wildman–Crippen LogP) is 2.87. The van der Waals surface area contributed by atoms with Crippen LogP contribution < -0.4 is 9.47 Å². The number of phenolic OH excluding ortho intramolecular Hbond substituents is 1. The number of fused-ring (bicyclic) bond motifs is 1. The largest absolute Gasteiger partial charge is 0.507 e. The minimum atomic E-state index is -3.29. The van der Waals surface area contributed by atoms with E-state index >= 15 is 0 Å². The normalized spacial score (nSPS) is 18.5. The van der Waals surface area contributed by atoms with E-state index in [1.165, 1.54) is 10.4 Å². The molecule has 4 rings (SSSR count). The van der Waals surface area contributed by atoms with Crippen LogP contribution in [0.1, 0.15) is 35.3 Å². The second-order valence-electron chi connectivity index (χ2n) is 8.42. The third-order valence-electron chi connectivity index (χ3n) is 6.00. The highest BCUT2D eigenvalue weighted by molar-refractivity contribution is 7.89. The number of carbonyl (C=O) groups is 1. The summed E-state index contributed by atoms with van der Waals surface area (Å²) in [7, 11) is -1.70. The smallest absolute Gasteiger partial charge is 0.231 e. The molecule has 0 unspecified atom stereocenters. The molecule has 0 aliphatic carbocycles. The number of ether oxygens (including phenoxy) is 2. The molecule has 0 atom stereocenters. The van der Waals surface area contributed by atoms with Crippen molar-refractivity contribution >= 4 is 21.9 Å². The number of Topliss-reactive ketones (excluding diaryl/α,β-unsaturated/α-hetero) is 1. The monoisotopic (exact) mass is 472 g/mol. The summed E-state index contributed by atoms with van der Waals surface area (Å²) in [5, 5.41) is 10.1. The zero-order valence-electron chi connectivity index (χ0n) is 18.9. The maximum atomic E-state index is 12.9. The molecule has 2 aromatic carbocycles. The van der Waals surface area contributed by atoms with Crippen molar-refractivity contribution in [3.05, 3.63) is 58.8 Å². The summed E-state index contributed by atoms with van der Waals surface area (Å²) in [6.07, 6.45) is 1.66. The van der Waals surface area contributed by atoms with Gasteiger partial charge in [0.2, 0.25) is 15.8 Å². The molecule has 2 aliphatic heterocycles. The van der Waals surface area contributed by atoms with Crippen molar-refractivity contribution in [2.75, 3.05) is 33.3 Å². The zero-order chi connectivity index (χ0) is 23.8. The van der Waals surface area contributed by atoms with Gasteiger partial charge in [-0.15, -0.1) is 0 Å². The van der Waals surface area contributed by atoms with Crippen LogP contribution in [-0.4, -0.2) is 67.1 Å². The van der Waals surface area contributed by atoms with Gasteiger partial charge in [-0.3, -0.25) is 9.69 Å². The highest BCUT2D eigenvalue weighted by Crippen LogP contribution is 2.40. The fourth-order valence-corrected chi connectivity index (χ4v) is 5.23. The molecule has 1 saturated heterocycles. The summed E-state index contributed by atoms with van der Waals surface area (Å²) in [4.78, 5) is 15.0. The van der Waals surface area contributed by atoms with Crippen LogP contribution in [-0.2, 0) is 16.6 Å². The van der Waals surface area contributed by atoms with Gasteiger partial charge in [0.05, 0.1) is 23.5 Å². The van der Waals surface area contributed by atoms with E-state index in [9.17, 15) is 18.3 Å². The molecule has 0 spiro atoms. The second-order valence-corrected chi connectivity index (χ2v) is 10.9. The molecule has 176 valence electrons. The van der Waals surface area contributed by atoms with E-state index in [1.807, 2.05) is 12.1 Å². The summed E-state index contributed by atoms with van der Waals surface area (Å²) in [6, 6.07) is 10.3. The van der Waals surface area contributed by atoms with Gasteiger partial charge >= 0.3 is 0 Å². The van der Waals surface area contributed by atoms with Gasteiger partial charge in [-0.1, -0.05) is 12.1 Å². The summed E-state index contributed by atoms with van der Waals surface area (Å²) in [6.45, 7) is 5.54. The minimum absolute atomic E-state index is 0.0458. The van der Waals surface area contributed by atoms with Gasteiger partial charge in [-0.2, -0.15) is 4.31 Å². The van der Waals surface area contributed by atoms with Gasteiger partial charge in [0.25, 0.3) is 0 Å². The molecule has 2 aliphatic rings. The number of sulfonamides is 1. The number of rotatable bonds is 6. The molecule has 9 heteroatoms. The fraction of sp³-hybridized carbons (Fsp3) is 0.375. The lowest BCUT2D eigenvalue weighted by Gasteiger charge is -2.35. The van der Waals surface area contributed by atoms with Gasteiger partial charge in [0, 0.05) is 32.7 Å². The summed E-state index contributed by atoms with van der Waals surface area (Å²) in [5.41, 5.74) is 1.72. The fourth-order valence-electron chi connectivity index (χ4n) is 3.97. The molecule has 0 radical (unpaired) electrons. The van der Waals surface area contributed by atoms with Crippen LogP contribution in [0.4, 0.5) is 0 Å². The van der Waals surface area contributed by atoms with Crippen molar-refractivity contribution in [2.45, 2.75) is 25.6 Å². The number of ketones is 1. The van der Waals surface area contributed by atoms with Crippen molar-refractivity contribution in [3.63, 3.8) is 0 Å². The maximum Gasteiger partial charge on any atom is 0.231 e. The SMILES string of the molecule is COc1ccc(C=C2Oc3c(ccc(O)c3CN3CCN(S(=O)(=O)C(C)C)CC3)C2=O)cc1. The summed E-state index contributed by atoms with van der Waals surface area (Å²) >= 11 is 0. The number of methoxy groups -OCH3 is 1. The number of aromatic hydroxyl groups is 1. The Balaban J connectivity index is 1.52. The second kappa shape index (κ2) is 9.17. The molecule has 0 saturated carbocycles. The average Bonchev–Trinajstić information content (AvgIpc) is 3.12. The Bertz CT molecular complexity index is 1180. The Morgan fingerprint density at radius 3 is 2.36 bits per heavy atom. The molecule has 2 aromatic rings. The molecule has 1 fully saturated rings. The summed E-state index contributed by atoms with van der Waals surface area (Å²) in [5.74, 6) is 1.07. The number of carbonyl (C=O) groups excluding carboxylic acids is 1. The van der Waals surface area contributed by atoms with Crippen molar-refractivity contribution in [1.82, 2.24) is 9.21 Å². The number of allylic oxidation sites excluding steroid dienone is 1. The van der Waals surface area contributed by atoms with Crippen LogP contribution in [0.5, 0.6) is 17.2 Å². The minimum Gasteiger partial charge on any atom is -0.507 e. The van der Waals surface area contributed by atoms with Crippen LogP contribution in [0.3, 0.4) is 0 Å². The molecule has 1 N–H and O–H groups in total. The van der Waals surface area contributed by atoms with Crippen molar-refractivity contribution in [2.24, 2.45) is 0 Å². The average molecular weight is 473 g/mol. The van der Waals surface area contributed by atoms with E-state index in [-0.39, 0.29) is 17.3 Å². The Morgan fingerprint density at radius 1 is 1.09 bits per heavy atom. The van der Waals surface area contributed by atoms with Gasteiger partial charge in [0.15, 0.2) is 5.76 Å². The van der Waals surface area contributed by atoms with E-state index < -0.39 is 15.3 Å². The first-order chi connectivity index (χ1) is 15.7. The van der Waals surface area contributed by atoms with Crippen LogP contribution in [0.2, 0.25) is 0 Å². The number of nitrogens with zero attached hydrogens (tertiary/aromatic N) is 2. The molecule has 8 nitrogen and oxygen atoms in total. The van der Waals surface area contributed by atoms with E-state index in [2.05, 4.69) is 4.90 Å². The maximum absolute atomic E-state index is 12.9. The zero-order valence-corrected chi connectivity index (χ0v) is 19.8. The Labute approximate surface area is 194 Å².